The zero-order valence-electron chi connectivity index (χ0n) is 7.54. The molecule has 0 aliphatic carbocycles. The maximum atomic E-state index is 8.88. The largest absolute Gasteiger partial charge is 0.390 e. The van der Waals surface area contributed by atoms with Gasteiger partial charge in [-0.25, -0.2) is 4.98 Å². The van der Waals surface area contributed by atoms with Gasteiger partial charge < -0.3 is 10.1 Å². The summed E-state index contributed by atoms with van der Waals surface area (Å²) in [5, 5.41) is 9.38. The summed E-state index contributed by atoms with van der Waals surface area (Å²) in [7, 11) is 0. The van der Waals surface area contributed by atoms with Crippen LogP contribution in [0, 0.1) is 0 Å². The molecule has 2 aromatic rings. The molecular formula is C9H7BrClN3O. The summed E-state index contributed by atoms with van der Waals surface area (Å²) >= 11 is 9.27. The SMILES string of the molecule is OCc1cnc(-c2ncc(Br)cc2Cl)[nH]1. The van der Waals surface area contributed by atoms with Crippen LogP contribution >= 0.6 is 27.5 Å². The molecule has 0 saturated heterocycles. The average molecular weight is 289 g/mol. The predicted octanol–water partition coefficient (Wildman–Crippen LogP) is 2.38. The highest BCUT2D eigenvalue weighted by Crippen LogP contribution is 2.25. The summed E-state index contributed by atoms with van der Waals surface area (Å²) in [6.45, 7) is -0.0822. The van der Waals surface area contributed by atoms with E-state index in [-0.39, 0.29) is 6.61 Å². The third kappa shape index (κ3) is 2.19. The van der Waals surface area contributed by atoms with Crippen LogP contribution in [0.3, 0.4) is 0 Å². The number of aliphatic hydroxyl groups excluding tert-OH is 1. The van der Waals surface area contributed by atoms with Gasteiger partial charge in [-0.1, -0.05) is 11.6 Å². The van der Waals surface area contributed by atoms with Gasteiger partial charge in [0.1, 0.15) is 5.69 Å². The first-order chi connectivity index (χ1) is 7.20. The molecule has 2 aromatic heterocycles. The first kappa shape index (κ1) is 10.6. The van der Waals surface area contributed by atoms with Crippen LogP contribution in [-0.4, -0.2) is 20.1 Å². The summed E-state index contributed by atoms with van der Waals surface area (Å²) < 4.78 is 0.810. The molecule has 0 radical (unpaired) electrons. The van der Waals surface area contributed by atoms with Gasteiger partial charge in [0.2, 0.25) is 0 Å². The number of H-pyrrole nitrogens is 1. The molecule has 0 spiro atoms. The van der Waals surface area contributed by atoms with Crippen molar-refractivity contribution in [2.24, 2.45) is 0 Å². The Morgan fingerprint density at radius 3 is 2.80 bits per heavy atom. The Morgan fingerprint density at radius 2 is 2.20 bits per heavy atom. The van der Waals surface area contributed by atoms with Gasteiger partial charge in [-0.3, -0.25) is 4.98 Å². The predicted molar refractivity (Wildman–Crippen MR) is 60.5 cm³/mol. The molecule has 0 fully saturated rings. The first-order valence-corrected chi connectivity index (χ1v) is 5.34. The monoisotopic (exact) mass is 287 g/mol. The van der Waals surface area contributed by atoms with Crippen LogP contribution in [0.15, 0.2) is 22.9 Å². The maximum Gasteiger partial charge on any atom is 0.157 e. The molecule has 2 N–H and O–H groups in total. The van der Waals surface area contributed by atoms with Gasteiger partial charge in [0.05, 0.1) is 23.5 Å². The highest BCUT2D eigenvalue weighted by molar-refractivity contribution is 9.10. The van der Waals surface area contributed by atoms with Crippen molar-refractivity contribution in [1.82, 2.24) is 15.0 Å². The lowest BCUT2D eigenvalue weighted by atomic mass is 10.3. The van der Waals surface area contributed by atoms with Crippen LogP contribution in [0.2, 0.25) is 5.02 Å². The topological polar surface area (TPSA) is 61.8 Å². The molecule has 0 bridgehead atoms. The zero-order valence-corrected chi connectivity index (χ0v) is 9.88. The van der Waals surface area contributed by atoms with Crippen molar-refractivity contribution in [3.63, 3.8) is 0 Å². The first-order valence-electron chi connectivity index (χ1n) is 4.17. The third-order valence-electron chi connectivity index (χ3n) is 1.83. The van der Waals surface area contributed by atoms with E-state index in [0.29, 0.717) is 22.2 Å². The lowest BCUT2D eigenvalue weighted by molar-refractivity contribution is 0.277. The molecule has 0 aromatic carbocycles. The Labute approximate surface area is 99.5 Å². The molecular weight excluding hydrogens is 281 g/mol. The number of pyridine rings is 1. The summed E-state index contributed by atoms with van der Waals surface area (Å²) in [6.07, 6.45) is 3.19. The maximum absolute atomic E-state index is 8.88. The van der Waals surface area contributed by atoms with Gasteiger partial charge in [-0.15, -0.1) is 0 Å². The van der Waals surface area contributed by atoms with Gasteiger partial charge >= 0.3 is 0 Å². The van der Waals surface area contributed by atoms with Crippen LogP contribution in [0.4, 0.5) is 0 Å². The summed E-state index contributed by atoms with van der Waals surface area (Å²) in [6, 6.07) is 1.74. The number of nitrogens with zero attached hydrogens (tertiary/aromatic N) is 2. The van der Waals surface area contributed by atoms with Crippen LogP contribution < -0.4 is 0 Å². The normalized spacial score (nSPS) is 10.6. The molecule has 78 valence electrons. The Hall–Kier alpha value is -0.910. The minimum absolute atomic E-state index is 0.0822. The van der Waals surface area contributed by atoms with Crippen molar-refractivity contribution in [3.8, 4) is 11.5 Å². The second-order valence-electron chi connectivity index (χ2n) is 2.90. The fourth-order valence-electron chi connectivity index (χ4n) is 1.15. The van der Waals surface area contributed by atoms with E-state index >= 15 is 0 Å². The summed E-state index contributed by atoms with van der Waals surface area (Å²) in [5.74, 6) is 0.552. The van der Waals surface area contributed by atoms with Crippen molar-refractivity contribution >= 4 is 27.5 Å². The Morgan fingerprint density at radius 1 is 1.40 bits per heavy atom. The molecule has 0 atom stereocenters. The van der Waals surface area contributed by atoms with Crippen molar-refractivity contribution in [2.45, 2.75) is 6.61 Å². The van der Waals surface area contributed by atoms with E-state index in [4.69, 9.17) is 16.7 Å². The highest BCUT2D eigenvalue weighted by atomic mass is 79.9. The number of hydrogen-bond donors (Lipinski definition) is 2. The number of imidazole rings is 1. The van der Waals surface area contributed by atoms with E-state index in [1.54, 1.807) is 18.5 Å². The van der Waals surface area contributed by atoms with Gasteiger partial charge in [0.25, 0.3) is 0 Å². The molecule has 2 rings (SSSR count). The Balaban J connectivity index is 2.44. The van der Waals surface area contributed by atoms with Crippen molar-refractivity contribution < 1.29 is 5.11 Å². The molecule has 6 heteroatoms. The highest BCUT2D eigenvalue weighted by Gasteiger charge is 2.09. The lowest BCUT2D eigenvalue weighted by Crippen LogP contribution is -1.88. The third-order valence-corrected chi connectivity index (χ3v) is 2.55. The molecule has 0 amide bonds. The number of nitrogens with one attached hydrogen (secondary N) is 1. The number of aromatic amines is 1. The molecule has 2 heterocycles. The number of halogens is 2. The molecule has 4 nitrogen and oxygen atoms in total. The summed E-state index contributed by atoms with van der Waals surface area (Å²) in [4.78, 5) is 11.1. The van der Waals surface area contributed by atoms with Gasteiger partial charge in [-0.05, 0) is 22.0 Å². The fourth-order valence-corrected chi connectivity index (χ4v) is 1.87. The van der Waals surface area contributed by atoms with Gasteiger partial charge in [0.15, 0.2) is 5.82 Å². The molecule has 15 heavy (non-hydrogen) atoms. The van der Waals surface area contributed by atoms with Gasteiger partial charge in [-0.2, -0.15) is 0 Å². The van der Waals surface area contributed by atoms with Gasteiger partial charge in [0, 0.05) is 10.7 Å². The minimum atomic E-state index is -0.0822. The smallest absolute Gasteiger partial charge is 0.157 e. The number of rotatable bonds is 2. The van der Waals surface area contributed by atoms with Crippen molar-refractivity contribution in [3.05, 3.63) is 33.6 Å². The van der Waals surface area contributed by atoms with Crippen molar-refractivity contribution in [1.29, 1.82) is 0 Å². The van der Waals surface area contributed by atoms with Crippen LogP contribution in [0.25, 0.3) is 11.5 Å². The molecule has 0 aliphatic heterocycles. The molecule has 0 aliphatic rings. The Kier molecular flexibility index (Phi) is 3.04. The number of aromatic nitrogens is 3. The Bertz CT molecular complexity index is 486. The van der Waals surface area contributed by atoms with Crippen LogP contribution in [-0.2, 0) is 6.61 Å². The number of hydrogen-bond acceptors (Lipinski definition) is 3. The van der Waals surface area contributed by atoms with E-state index in [1.165, 1.54) is 0 Å². The van der Waals surface area contributed by atoms with E-state index in [2.05, 4.69) is 30.9 Å². The molecule has 0 saturated carbocycles. The van der Waals surface area contributed by atoms with Crippen molar-refractivity contribution in [2.75, 3.05) is 0 Å². The quantitative estimate of drug-likeness (QED) is 0.892. The second kappa shape index (κ2) is 4.30. The standard InChI is InChI=1S/C9H7BrClN3O/c10-5-1-7(11)8(12-2-5)9-13-3-6(4-15)14-9/h1-3,15H,4H2,(H,13,14). The molecule has 0 unspecified atom stereocenters. The van der Waals surface area contributed by atoms with E-state index in [1.807, 2.05) is 0 Å². The van der Waals surface area contributed by atoms with E-state index in [9.17, 15) is 0 Å². The second-order valence-corrected chi connectivity index (χ2v) is 4.22. The minimum Gasteiger partial charge on any atom is -0.390 e. The van der Waals surface area contributed by atoms with Crippen LogP contribution in [0.5, 0.6) is 0 Å². The van der Waals surface area contributed by atoms with E-state index < -0.39 is 0 Å². The average Bonchev–Trinajstić information content (AvgIpc) is 2.66. The van der Waals surface area contributed by atoms with E-state index in [0.717, 1.165) is 4.47 Å². The van der Waals surface area contributed by atoms with Crippen LogP contribution in [0.1, 0.15) is 5.69 Å². The fraction of sp³-hybridized carbons (Fsp3) is 0.111. The number of aliphatic hydroxyl groups is 1. The summed E-state index contributed by atoms with van der Waals surface area (Å²) in [5.41, 5.74) is 1.20. The zero-order chi connectivity index (χ0) is 10.8. The lowest BCUT2D eigenvalue weighted by Gasteiger charge is -1.99.